The Morgan fingerprint density at radius 3 is 1.82 bits per heavy atom. The van der Waals surface area contributed by atoms with E-state index in [4.69, 9.17) is 4.74 Å². The summed E-state index contributed by atoms with van der Waals surface area (Å²) in [6.45, 7) is 24.3. The number of aliphatic hydroxyl groups excluding tert-OH is 1. The SMILES string of the molecule is C=C(C)[C@@H]1CC[C@]2(C)CC[C@]3(C)[C@H](CC[C@H]4[C@@]5(C)C(OC(=O)CCCCCCCCCCCCCCCCC)C[C@H](O)C(C)(C)[C@H]5CC[C@]43C)[C@@H]12. The molecule has 0 heterocycles. The highest BCUT2D eigenvalue weighted by atomic mass is 16.5. The first-order chi connectivity index (χ1) is 24.2. The molecule has 3 heteroatoms. The second kappa shape index (κ2) is 16.9. The maximum Gasteiger partial charge on any atom is 0.306 e. The van der Waals surface area contributed by atoms with Gasteiger partial charge in [-0.2, -0.15) is 0 Å². The smallest absolute Gasteiger partial charge is 0.306 e. The number of hydrogen-bond donors (Lipinski definition) is 1. The summed E-state index contributed by atoms with van der Waals surface area (Å²) < 4.78 is 6.63. The monoisotopic (exact) mass is 709 g/mol. The van der Waals surface area contributed by atoms with Crippen molar-refractivity contribution in [1.29, 1.82) is 0 Å². The van der Waals surface area contributed by atoms with E-state index in [1.54, 1.807) is 0 Å². The summed E-state index contributed by atoms with van der Waals surface area (Å²) in [7, 11) is 0. The fourth-order valence-corrected chi connectivity index (χ4v) is 14.4. The molecule has 0 aliphatic heterocycles. The number of rotatable bonds is 18. The van der Waals surface area contributed by atoms with Crippen molar-refractivity contribution < 1.29 is 14.6 Å². The fourth-order valence-electron chi connectivity index (χ4n) is 14.4. The minimum Gasteiger partial charge on any atom is -0.462 e. The van der Waals surface area contributed by atoms with Crippen molar-refractivity contribution in [2.75, 3.05) is 0 Å². The molecule has 11 atom stereocenters. The van der Waals surface area contributed by atoms with E-state index in [2.05, 4.69) is 62.0 Å². The predicted octanol–water partition coefficient (Wildman–Crippen LogP) is 13.8. The van der Waals surface area contributed by atoms with Crippen LogP contribution < -0.4 is 0 Å². The van der Waals surface area contributed by atoms with Gasteiger partial charge < -0.3 is 9.84 Å². The molecule has 1 N–H and O–H groups in total. The molecule has 294 valence electrons. The van der Waals surface area contributed by atoms with Gasteiger partial charge in [0.25, 0.3) is 0 Å². The van der Waals surface area contributed by atoms with Crippen molar-refractivity contribution >= 4 is 5.97 Å². The van der Waals surface area contributed by atoms with Crippen LogP contribution in [-0.2, 0) is 9.53 Å². The largest absolute Gasteiger partial charge is 0.462 e. The molecule has 51 heavy (non-hydrogen) atoms. The summed E-state index contributed by atoms with van der Waals surface area (Å²) in [5.74, 6) is 3.02. The predicted molar refractivity (Wildman–Crippen MR) is 215 cm³/mol. The quantitative estimate of drug-likeness (QED) is 0.0876. The molecular formula is C48H84O3. The molecule has 5 rings (SSSR count). The van der Waals surface area contributed by atoms with Crippen LogP contribution in [0.3, 0.4) is 0 Å². The summed E-state index contributed by atoms with van der Waals surface area (Å²) in [4.78, 5) is 13.6. The molecule has 0 bridgehead atoms. The molecular weight excluding hydrogens is 625 g/mol. The van der Waals surface area contributed by atoms with Crippen LogP contribution in [0.2, 0.25) is 0 Å². The Morgan fingerprint density at radius 2 is 1.25 bits per heavy atom. The number of aliphatic hydroxyl groups is 1. The van der Waals surface area contributed by atoms with Crippen LogP contribution in [0.15, 0.2) is 12.2 Å². The van der Waals surface area contributed by atoms with Crippen LogP contribution in [-0.4, -0.2) is 23.3 Å². The van der Waals surface area contributed by atoms with Crippen LogP contribution in [0.5, 0.6) is 0 Å². The number of fused-ring (bicyclic) bond motifs is 7. The number of hydrogen-bond acceptors (Lipinski definition) is 3. The lowest BCUT2D eigenvalue weighted by Crippen LogP contribution is -2.70. The lowest BCUT2D eigenvalue weighted by atomic mass is 9.32. The second-order valence-electron chi connectivity index (χ2n) is 21.0. The molecule has 0 radical (unpaired) electrons. The Hall–Kier alpha value is -0.830. The average Bonchev–Trinajstić information content (AvgIpc) is 3.43. The van der Waals surface area contributed by atoms with Gasteiger partial charge in [0, 0.05) is 18.3 Å². The average molecular weight is 709 g/mol. The van der Waals surface area contributed by atoms with E-state index in [0.717, 1.165) is 31.1 Å². The third kappa shape index (κ3) is 7.97. The summed E-state index contributed by atoms with van der Waals surface area (Å²) in [5, 5.41) is 11.6. The highest BCUT2D eigenvalue weighted by Crippen LogP contribution is 2.77. The number of carbonyl (C=O) groups excluding carboxylic acids is 1. The van der Waals surface area contributed by atoms with Gasteiger partial charge in [0.1, 0.15) is 6.10 Å². The van der Waals surface area contributed by atoms with Gasteiger partial charge in [0.15, 0.2) is 0 Å². The van der Waals surface area contributed by atoms with Crippen LogP contribution in [0.1, 0.15) is 216 Å². The minimum atomic E-state index is -0.430. The van der Waals surface area contributed by atoms with E-state index in [1.807, 2.05) is 0 Å². The Labute approximate surface area is 316 Å². The van der Waals surface area contributed by atoms with Gasteiger partial charge in [-0.15, -0.1) is 0 Å². The van der Waals surface area contributed by atoms with E-state index >= 15 is 0 Å². The van der Waals surface area contributed by atoms with Crippen LogP contribution in [0.4, 0.5) is 0 Å². The van der Waals surface area contributed by atoms with Gasteiger partial charge >= 0.3 is 5.97 Å². The molecule has 0 amide bonds. The Balaban J connectivity index is 1.15. The maximum absolute atomic E-state index is 13.6. The van der Waals surface area contributed by atoms with Crippen LogP contribution >= 0.6 is 0 Å². The zero-order valence-electron chi connectivity index (χ0n) is 35.2. The van der Waals surface area contributed by atoms with Gasteiger partial charge in [-0.05, 0) is 116 Å². The Bertz CT molecular complexity index is 1160. The summed E-state index contributed by atoms with van der Waals surface area (Å²) in [5.41, 5.74) is 2.09. The van der Waals surface area contributed by atoms with Crippen molar-refractivity contribution in [1.82, 2.24) is 0 Å². The molecule has 0 aromatic heterocycles. The third-order valence-corrected chi connectivity index (χ3v) is 17.8. The lowest BCUT2D eigenvalue weighted by Gasteiger charge is -2.73. The van der Waals surface area contributed by atoms with Crippen molar-refractivity contribution in [2.45, 2.75) is 228 Å². The normalized spacial score (nSPS) is 41.2. The highest BCUT2D eigenvalue weighted by molar-refractivity contribution is 5.69. The zero-order valence-corrected chi connectivity index (χ0v) is 35.2. The molecule has 5 aliphatic rings. The zero-order chi connectivity index (χ0) is 37.1. The first-order valence-corrected chi connectivity index (χ1v) is 22.7. The highest BCUT2D eigenvalue weighted by Gasteiger charge is 2.72. The second-order valence-corrected chi connectivity index (χ2v) is 21.0. The van der Waals surface area contributed by atoms with Crippen LogP contribution in [0, 0.1) is 56.7 Å². The van der Waals surface area contributed by atoms with E-state index in [-0.39, 0.29) is 33.7 Å². The number of ether oxygens (including phenoxy) is 1. The Kier molecular flexibility index (Phi) is 13.7. The molecule has 1 unspecified atom stereocenters. The summed E-state index contributed by atoms with van der Waals surface area (Å²) >= 11 is 0. The van der Waals surface area contributed by atoms with Gasteiger partial charge in [-0.1, -0.05) is 151 Å². The number of unbranched alkanes of at least 4 members (excludes halogenated alkanes) is 14. The van der Waals surface area contributed by atoms with Crippen molar-refractivity contribution in [3.63, 3.8) is 0 Å². The maximum atomic E-state index is 13.6. The molecule has 5 aliphatic carbocycles. The van der Waals surface area contributed by atoms with Gasteiger partial charge in [0.05, 0.1) is 6.10 Å². The Morgan fingerprint density at radius 1 is 0.686 bits per heavy atom. The third-order valence-electron chi connectivity index (χ3n) is 17.8. The molecule has 0 saturated heterocycles. The molecule has 5 fully saturated rings. The van der Waals surface area contributed by atoms with Gasteiger partial charge in [-0.25, -0.2) is 0 Å². The summed E-state index contributed by atoms with van der Waals surface area (Å²) in [6, 6.07) is 0. The summed E-state index contributed by atoms with van der Waals surface area (Å²) in [6.07, 6.45) is 30.7. The number of allylic oxidation sites excluding steroid dienone is 1. The number of carbonyl (C=O) groups is 1. The molecule has 0 spiro atoms. The number of esters is 1. The van der Waals surface area contributed by atoms with Crippen molar-refractivity contribution in [3.05, 3.63) is 12.2 Å². The lowest BCUT2D eigenvalue weighted by molar-refractivity contribution is -0.277. The topological polar surface area (TPSA) is 46.5 Å². The first kappa shape index (κ1) is 41.3. The first-order valence-electron chi connectivity index (χ1n) is 22.7. The van der Waals surface area contributed by atoms with Gasteiger partial charge in [0.2, 0.25) is 0 Å². The van der Waals surface area contributed by atoms with Gasteiger partial charge in [-0.3, -0.25) is 4.79 Å². The minimum absolute atomic E-state index is 0.0163. The van der Waals surface area contributed by atoms with E-state index in [0.29, 0.717) is 36.0 Å². The van der Waals surface area contributed by atoms with E-state index in [1.165, 1.54) is 134 Å². The van der Waals surface area contributed by atoms with Crippen LogP contribution in [0.25, 0.3) is 0 Å². The molecule has 5 saturated carbocycles. The fraction of sp³-hybridized carbons (Fsp3) is 0.938. The molecule has 3 nitrogen and oxygen atoms in total. The van der Waals surface area contributed by atoms with E-state index < -0.39 is 6.10 Å². The molecule has 0 aromatic carbocycles. The van der Waals surface area contributed by atoms with Crippen molar-refractivity contribution in [2.24, 2.45) is 56.7 Å². The molecule has 0 aromatic rings. The van der Waals surface area contributed by atoms with E-state index in [9.17, 15) is 9.90 Å². The van der Waals surface area contributed by atoms with Crippen molar-refractivity contribution in [3.8, 4) is 0 Å². The standard InChI is InChI=1S/C48H84O3/c1-10-11-12-13-14-15-16-17-18-19-20-21-22-23-24-25-42(50)51-41-34-40(49)44(4,5)38-29-31-47(8)39(48(38,41)9)27-26-37-43-36(35(2)3)28-30-45(43,6)32-33-46(37,47)7/h36-41,43,49H,2,10-34H2,1,3-9H3/t36-,37+,38+,39+,40-,41?,43+,45+,46+,47+,48-/m0/s1.